The Balaban J connectivity index is 0.000000521. The van der Waals surface area contributed by atoms with Gasteiger partial charge in [-0.05, 0) is 35.4 Å². The number of hydrogen-bond acceptors (Lipinski definition) is 6. The highest BCUT2D eigenvalue weighted by Crippen LogP contribution is 2.30. The fraction of sp³-hybridized carbons (Fsp3) is 0.300. The molecule has 2 aromatic carbocycles. The van der Waals surface area contributed by atoms with Gasteiger partial charge in [-0.25, -0.2) is 0 Å². The number of hydrogen-bond donors (Lipinski definition) is 4. The Morgan fingerprint density at radius 1 is 0.676 bits per heavy atom. The Morgan fingerprint density at radius 3 is 1.06 bits per heavy atom. The molecule has 14 heteroatoms. The number of carbonyl (C=O) groups excluding carboxylic acids is 2. The second-order valence-corrected chi connectivity index (χ2v) is 6.42. The van der Waals surface area contributed by atoms with Crippen molar-refractivity contribution in [1.29, 1.82) is 0 Å². The molecule has 8 N–H and O–H groups in total. The number of benzene rings is 2. The van der Waals surface area contributed by atoms with Gasteiger partial charge in [-0.1, -0.05) is 24.3 Å². The fourth-order valence-corrected chi connectivity index (χ4v) is 2.12. The summed E-state index contributed by atoms with van der Waals surface area (Å²) in [6.07, 6.45) is -10.2. The van der Waals surface area contributed by atoms with Crippen molar-refractivity contribution in [3.05, 3.63) is 70.8 Å². The SMILES string of the molecule is O=C([O-])C(=O)[O-].[NH3+]CC(O)c1ccc(C(F)(F)F)cc1.[NH3+]CC(O)c1ccc(C(F)(F)F)cc1. The predicted molar refractivity (Wildman–Crippen MR) is 98.3 cm³/mol. The third-order valence-electron chi connectivity index (χ3n) is 3.96. The molecule has 0 fully saturated rings. The van der Waals surface area contributed by atoms with Crippen molar-refractivity contribution < 1.29 is 67.8 Å². The van der Waals surface area contributed by atoms with Gasteiger partial charge in [0.1, 0.15) is 25.3 Å². The maximum atomic E-state index is 12.1. The maximum Gasteiger partial charge on any atom is 0.416 e. The maximum absolute atomic E-state index is 12.1. The topological polar surface area (TPSA) is 176 Å². The van der Waals surface area contributed by atoms with Crippen LogP contribution < -0.4 is 21.7 Å². The molecule has 0 aliphatic carbocycles. The van der Waals surface area contributed by atoms with E-state index in [0.29, 0.717) is 11.1 Å². The predicted octanol–water partition coefficient (Wildman–Crippen LogP) is -1.55. The van der Waals surface area contributed by atoms with Crippen LogP contribution in [0.25, 0.3) is 0 Å². The molecule has 2 unspecified atom stereocenters. The molecule has 34 heavy (non-hydrogen) atoms. The van der Waals surface area contributed by atoms with E-state index >= 15 is 0 Å². The van der Waals surface area contributed by atoms with Crippen LogP contribution in [0.4, 0.5) is 26.3 Å². The standard InChI is InChI=1S/2C9H10F3NO.C2H2O4/c2*10-9(11,12)7-3-1-6(2-4-7)8(14)5-13;3-1(4)2(5)6/h2*1-4,8,14H,5,13H2;(H,3,4)(H,5,6). The summed E-state index contributed by atoms with van der Waals surface area (Å²) in [5, 5.41) is 36.4. The van der Waals surface area contributed by atoms with Gasteiger partial charge < -0.3 is 41.5 Å². The van der Waals surface area contributed by atoms with E-state index in [1.54, 1.807) is 0 Å². The first-order valence-corrected chi connectivity index (χ1v) is 9.25. The number of aliphatic hydroxyl groups is 2. The average Bonchev–Trinajstić information content (AvgIpc) is 2.77. The summed E-state index contributed by atoms with van der Waals surface area (Å²) < 4.78 is 72.8. The van der Waals surface area contributed by atoms with Crippen LogP contribution in [0.5, 0.6) is 0 Å². The third kappa shape index (κ3) is 11.1. The number of quaternary nitrogens is 2. The van der Waals surface area contributed by atoms with Gasteiger partial charge in [0.2, 0.25) is 0 Å². The molecule has 0 radical (unpaired) electrons. The molecule has 2 rings (SSSR count). The van der Waals surface area contributed by atoms with Gasteiger partial charge in [-0.2, -0.15) is 26.3 Å². The van der Waals surface area contributed by atoms with Gasteiger partial charge in [-0.15, -0.1) is 0 Å². The summed E-state index contributed by atoms with van der Waals surface area (Å²) in [5.41, 5.74) is 6.40. The zero-order chi connectivity index (χ0) is 26.7. The molecule has 2 aromatic rings. The zero-order valence-electron chi connectivity index (χ0n) is 17.4. The van der Waals surface area contributed by atoms with E-state index in [4.69, 9.17) is 19.8 Å². The highest BCUT2D eigenvalue weighted by molar-refractivity contribution is 6.25. The largest absolute Gasteiger partial charge is 0.543 e. The van der Waals surface area contributed by atoms with Crippen LogP contribution in [-0.4, -0.2) is 35.2 Å². The van der Waals surface area contributed by atoms with Crippen molar-refractivity contribution in [3.63, 3.8) is 0 Å². The van der Waals surface area contributed by atoms with Gasteiger partial charge in [0, 0.05) is 0 Å². The smallest absolute Gasteiger partial charge is 0.416 e. The van der Waals surface area contributed by atoms with Crippen LogP contribution in [0.3, 0.4) is 0 Å². The molecule has 0 bridgehead atoms. The lowest BCUT2D eigenvalue weighted by Gasteiger charge is -2.09. The Labute approximate surface area is 189 Å². The van der Waals surface area contributed by atoms with Crippen molar-refractivity contribution >= 4 is 11.9 Å². The highest BCUT2D eigenvalue weighted by Gasteiger charge is 2.30. The molecule has 0 spiro atoms. The van der Waals surface area contributed by atoms with E-state index in [0.717, 1.165) is 24.3 Å². The molecule has 0 aliphatic rings. The molecule has 0 amide bonds. The van der Waals surface area contributed by atoms with E-state index in [9.17, 15) is 36.6 Å². The molecule has 0 saturated carbocycles. The number of aliphatic carboxylic acids is 2. The van der Waals surface area contributed by atoms with Crippen molar-refractivity contribution in [3.8, 4) is 0 Å². The highest BCUT2D eigenvalue weighted by atomic mass is 19.4. The summed E-state index contributed by atoms with van der Waals surface area (Å²) in [5.74, 6) is -4.37. The van der Waals surface area contributed by atoms with E-state index in [1.165, 1.54) is 24.3 Å². The number of aliphatic hydroxyl groups excluding tert-OH is 2. The Hall–Kier alpha value is -3.20. The van der Waals surface area contributed by atoms with Gasteiger partial charge in [-0.3, -0.25) is 0 Å². The van der Waals surface area contributed by atoms with E-state index in [1.807, 2.05) is 0 Å². The van der Waals surface area contributed by atoms with Gasteiger partial charge >= 0.3 is 12.4 Å². The number of carboxylic acids is 2. The minimum absolute atomic E-state index is 0.241. The van der Waals surface area contributed by atoms with Crippen molar-refractivity contribution in [2.75, 3.05) is 13.1 Å². The second kappa shape index (κ2) is 13.5. The summed E-state index contributed by atoms with van der Waals surface area (Å²) in [4.78, 5) is 17.9. The number of carbonyl (C=O) groups is 2. The molecule has 190 valence electrons. The van der Waals surface area contributed by atoms with Crippen LogP contribution in [0.1, 0.15) is 34.5 Å². The fourth-order valence-electron chi connectivity index (χ4n) is 2.12. The monoisotopic (exact) mass is 500 g/mol. The molecule has 0 aliphatic heterocycles. The van der Waals surface area contributed by atoms with Crippen LogP contribution >= 0.6 is 0 Å². The van der Waals surface area contributed by atoms with Crippen LogP contribution in [-0.2, 0) is 21.9 Å². The van der Waals surface area contributed by atoms with E-state index in [2.05, 4.69) is 11.5 Å². The molecule has 0 aromatic heterocycles. The minimum atomic E-state index is -4.33. The van der Waals surface area contributed by atoms with Gasteiger partial charge in [0.25, 0.3) is 0 Å². The Morgan fingerprint density at radius 2 is 0.912 bits per heavy atom. The molecule has 2 atom stereocenters. The Kier molecular flexibility index (Phi) is 12.2. The summed E-state index contributed by atoms with van der Waals surface area (Å²) in [6.45, 7) is 0.483. The third-order valence-corrected chi connectivity index (χ3v) is 3.96. The van der Waals surface area contributed by atoms with Crippen molar-refractivity contribution in [2.24, 2.45) is 0 Å². The molecular formula is C20H22F6N2O6. The van der Waals surface area contributed by atoms with Crippen LogP contribution in [0.15, 0.2) is 48.5 Å². The van der Waals surface area contributed by atoms with Crippen molar-refractivity contribution in [2.45, 2.75) is 24.6 Å². The first kappa shape index (κ1) is 30.8. The average molecular weight is 500 g/mol. The lowest BCUT2D eigenvalue weighted by molar-refractivity contribution is -0.385. The lowest BCUT2D eigenvalue weighted by Crippen LogP contribution is -2.52. The zero-order valence-corrected chi connectivity index (χ0v) is 17.4. The van der Waals surface area contributed by atoms with Gasteiger partial charge in [0.15, 0.2) is 0 Å². The number of carboxylic acid groups (broad SMARTS) is 2. The Bertz CT molecular complexity index is 826. The van der Waals surface area contributed by atoms with E-state index < -0.39 is 47.6 Å². The van der Waals surface area contributed by atoms with Crippen LogP contribution in [0, 0.1) is 0 Å². The number of halogens is 6. The number of rotatable bonds is 4. The van der Waals surface area contributed by atoms with E-state index in [-0.39, 0.29) is 13.1 Å². The first-order valence-electron chi connectivity index (χ1n) is 9.25. The summed E-state index contributed by atoms with van der Waals surface area (Å²) in [7, 11) is 0. The summed E-state index contributed by atoms with van der Waals surface area (Å²) in [6, 6.07) is 8.86. The molecular weight excluding hydrogens is 478 g/mol. The molecule has 8 nitrogen and oxygen atoms in total. The molecule has 0 heterocycles. The number of alkyl halides is 6. The van der Waals surface area contributed by atoms with Crippen LogP contribution in [0.2, 0.25) is 0 Å². The minimum Gasteiger partial charge on any atom is -0.543 e. The quantitative estimate of drug-likeness (QED) is 0.292. The summed E-state index contributed by atoms with van der Waals surface area (Å²) >= 11 is 0. The first-order chi connectivity index (χ1) is 15.5. The molecule has 0 saturated heterocycles. The normalized spacial score (nSPS) is 12.9. The second-order valence-electron chi connectivity index (χ2n) is 6.42. The lowest BCUT2D eigenvalue weighted by atomic mass is 10.1. The van der Waals surface area contributed by atoms with Gasteiger partial charge in [0.05, 0.1) is 23.1 Å². The van der Waals surface area contributed by atoms with Crippen molar-refractivity contribution in [1.82, 2.24) is 0 Å².